The van der Waals surface area contributed by atoms with E-state index in [4.69, 9.17) is 4.74 Å². The highest BCUT2D eigenvalue weighted by molar-refractivity contribution is 9.10. The van der Waals surface area contributed by atoms with Gasteiger partial charge in [0.1, 0.15) is 5.75 Å². The molecule has 2 aromatic rings. The van der Waals surface area contributed by atoms with E-state index in [1.54, 1.807) is 18.2 Å². The lowest BCUT2D eigenvalue weighted by Gasteiger charge is -2.09. The zero-order valence-electron chi connectivity index (χ0n) is 9.98. The van der Waals surface area contributed by atoms with Gasteiger partial charge in [-0.1, -0.05) is 0 Å². The van der Waals surface area contributed by atoms with E-state index in [9.17, 15) is 9.18 Å². The van der Waals surface area contributed by atoms with E-state index < -0.39 is 11.7 Å². The summed E-state index contributed by atoms with van der Waals surface area (Å²) in [6, 6.07) is 6.37. The molecular formula is C13H10BrFN2O2. The quantitative estimate of drug-likeness (QED) is 0.942. The molecule has 0 saturated carbocycles. The largest absolute Gasteiger partial charge is 0.497 e. The van der Waals surface area contributed by atoms with Gasteiger partial charge in [0.2, 0.25) is 0 Å². The number of aromatic nitrogens is 1. The van der Waals surface area contributed by atoms with Gasteiger partial charge in [0, 0.05) is 10.7 Å². The minimum Gasteiger partial charge on any atom is -0.497 e. The maximum absolute atomic E-state index is 13.4. The van der Waals surface area contributed by atoms with E-state index in [0.29, 0.717) is 15.8 Å². The molecule has 0 aliphatic carbocycles. The topological polar surface area (TPSA) is 51.2 Å². The van der Waals surface area contributed by atoms with Gasteiger partial charge >= 0.3 is 0 Å². The van der Waals surface area contributed by atoms with Crippen molar-refractivity contribution in [1.29, 1.82) is 0 Å². The third kappa shape index (κ3) is 3.08. The molecule has 0 aliphatic heterocycles. The summed E-state index contributed by atoms with van der Waals surface area (Å²) in [7, 11) is 1.51. The number of carbonyl (C=O) groups is 1. The molecule has 0 aliphatic rings. The van der Waals surface area contributed by atoms with Crippen molar-refractivity contribution in [3.8, 4) is 5.75 Å². The van der Waals surface area contributed by atoms with E-state index >= 15 is 0 Å². The van der Waals surface area contributed by atoms with Gasteiger partial charge in [-0.15, -0.1) is 0 Å². The molecule has 1 aromatic carbocycles. The van der Waals surface area contributed by atoms with Crippen LogP contribution in [0.25, 0.3) is 0 Å². The Bertz CT molecular complexity index is 619. The number of benzene rings is 1. The smallest absolute Gasteiger partial charge is 0.257 e. The van der Waals surface area contributed by atoms with Crippen molar-refractivity contribution in [2.24, 2.45) is 0 Å². The van der Waals surface area contributed by atoms with Crippen molar-refractivity contribution in [3.63, 3.8) is 0 Å². The summed E-state index contributed by atoms with van der Waals surface area (Å²) in [6.07, 6.45) is 2.44. The number of nitrogens with zero attached hydrogens (tertiary/aromatic N) is 1. The molecule has 1 heterocycles. The fourth-order valence-corrected chi connectivity index (χ4v) is 1.90. The van der Waals surface area contributed by atoms with Gasteiger partial charge in [-0.05, 0) is 40.2 Å². The van der Waals surface area contributed by atoms with Gasteiger partial charge in [0.05, 0.1) is 24.6 Å². The van der Waals surface area contributed by atoms with E-state index in [1.165, 1.54) is 19.4 Å². The molecule has 2 rings (SSSR count). The summed E-state index contributed by atoms with van der Waals surface area (Å²) in [4.78, 5) is 15.7. The molecule has 0 fully saturated rings. The highest BCUT2D eigenvalue weighted by Crippen LogP contribution is 2.23. The van der Waals surface area contributed by atoms with E-state index in [2.05, 4.69) is 26.2 Å². The van der Waals surface area contributed by atoms with Crippen molar-refractivity contribution < 1.29 is 13.9 Å². The first-order valence-corrected chi connectivity index (χ1v) is 6.15. The van der Waals surface area contributed by atoms with Crippen LogP contribution < -0.4 is 10.1 Å². The Kier molecular flexibility index (Phi) is 4.11. The third-order valence-electron chi connectivity index (χ3n) is 2.44. The maximum atomic E-state index is 13.4. The summed E-state index contributed by atoms with van der Waals surface area (Å²) in [5.74, 6) is -0.478. The van der Waals surface area contributed by atoms with Gasteiger partial charge in [0.15, 0.2) is 5.82 Å². The van der Waals surface area contributed by atoms with Crippen molar-refractivity contribution in [1.82, 2.24) is 4.98 Å². The SMILES string of the molecule is COc1ccc(Br)c(C(=O)Nc2ccncc2F)c1. The number of halogens is 2. The van der Waals surface area contributed by atoms with Gasteiger partial charge in [-0.3, -0.25) is 9.78 Å². The molecule has 98 valence electrons. The van der Waals surface area contributed by atoms with Crippen LogP contribution in [0.3, 0.4) is 0 Å². The Morgan fingerprint density at radius 2 is 2.21 bits per heavy atom. The minimum absolute atomic E-state index is 0.0784. The molecule has 1 aromatic heterocycles. The van der Waals surface area contributed by atoms with Crippen LogP contribution in [0.2, 0.25) is 0 Å². The number of pyridine rings is 1. The number of nitrogens with one attached hydrogen (secondary N) is 1. The molecule has 6 heteroatoms. The number of amides is 1. The van der Waals surface area contributed by atoms with Crippen LogP contribution in [0.4, 0.5) is 10.1 Å². The van der Waals surface area contributed by atoms with Crippen LogP contribution >= 0.6 is 15.9 Å². The lowest BCUT2D eigenvalue weighted by atomic mass is 10.2. The van der Waals surface area contributed by atoms with Crippen molar-refractivity contribution in [2.45, 2.75) is 0 Å². The average Bonchev–Trinajstić information content (AvgIpc) is 2.42. The minimum atomic E-state index is -0.588. The summed E-state index contributed by atoms with van der Waals surface area (Å²) in [5.41, 5.74) is 0.435. The number of anilines is 1. The predicted octanol–water partition coefficient (Wildman–Crippen LogP) is 3.24. The number of hydrogen-bond donors (Lipinski definition) is 1. The van der Waals surface area contributed by atoms with Gasteiger partial charge < -0.3 is 10.1 Å². The fourth-order valence-electron chi connectivity index (χ4n) is 1.47. The number of ether oxygens (including phenoxy) is 1. The zero-order valence-corrected chi connectivity index (χ0v) is 11.6. The van der Waals surface area contributed by atoms with E-state index in [0.717, 1.165) is 6.20 Å². The predicted molar refractivity (Wildman–Crippen MR) is 72.8 cm³/mol. The molecule has 19 heavy (non-hydrogen) atoms. The summed E-state index contributed by atoms with van der Waals surface area (Å²) in [5, 5.41) is 2.48. The highest BCUT2D eigenvalue weighted by Gasteiger charge is 2.13. The normalized spacial score (nSPS) is 10.1. The van der Waals surface area contributed by atoms with Crippen molar-refractivity contribution in [2.75, 3.05) is 12.4 Å². The van der Waals surface area contributed by atoms with Gasteiger partial charge in [-0.25, -0.2) is 4.39 Å². The number of rotatable bonds is 3. The zero-order chi connectivity index (χ0) is 13.8. The Morgan fingerprint density at radius 1 is 1.42 bits per heavy atom. The lowest BCUT2D eigenvalue weighted by Crippen LogP contribution is -2.13. The highest BCUT2D eigenvalue weighted by atomic mass is 79.9. The molecule has 0 saturated heterocycles. The number of carbonyl (C=O) groups excluding carboxylic acids is 1. The first kappa shape index (κ1) is 13.5. The van der Waals surface area contributed by atoms with Crippen LogP contribution in [-0.2, 0) is 0 Å². The van der Waals surface area contributed by atoms with E-state index in [-0.39, 0.29) is 5.69 Å². The first-order chi connectivity index (χ1) is 9.11. The number of methoxy groups -OCH3 is 1. The molecular weight excluding hydrogens is 315 g/mol. The second kappa shape index (κ2) is 5.79. The van der Waals surface area contributed by atoms with Crippen LogP contribution in [-0.4, -0.2) is 18.0 Å². The van der Waals surface area contributed by atoms with Crippen molar-refractivity contribution in [3.05, 3.63) is 52.5 Å². The molecule has 0 unspecified atom stereocenters. The monoisotopic (exact) mass is 324 g/mol. The van der Waals surface area contributed by atoms with Gasteiger partial charge in [-0.2, -0.15) is 0 Å². The third-order valence-corrected chi connectivity index (χ3v) is 3.13. The van der Waals surface area contributed by atoms with Crippen molar-refractivity contribution >= 4 is 27.5 Å². The molecule has 0 atom stereocenters. The Hall–Kier alpha value is -1.95. The standard InChI is InChI=1S/C13H10BrFN2O2/c1-19-8-2-3-10(14)9(6-8)13(18)17-12-4-5-16-7-11(12)15/h2-7H,1H3,(H,16,17,18). The average molecular weight is 325 g/mol. The number of hydrogen-bond acceptors (Lipinski definition) is 3. The lowest BCUT2D eigenvalue weighted by molar-refractivity contribution is 0.102. The summed E-state index contributed by atoms with van der Waals surface area (Å²) in [6.45, 7) is 0. The fraction of sp³-hybridized carbons (Fsp3) is 0.0769. The van der Waals surface area contributed by atoms with Crippen LogP contribution in [0.5, 0.6) is 5.75 Å². The second-order valence-corrected chi connectivity index (χ2v) is 4.51. The summed E-state index contributed by atoms with van der Waals surface area (Å²) >= 11 is 3.27. The Labute approximate surface area is 117 Å². The Balaban J connectivity index is 2.28. The molecule has 0 spiro atoms. The van der Waals surface area contributed by atoms with Crippen LogP contribution in [0.1, 0.15) is 10.4 Å². The molecule has 1 N–H and O–H groups in total. The first-order valence-electron chi connectivity index (χ1n) is 5.36. The van der Waals surface area contributed by atoms with Crippen LogP contribution in [0.15, 0.2) is 41.1 Å². The molecule has 0 bridgehead atoms. The maximum Gasteiger partial charge on any atom is 0.257 e. The Morgan fingerprint density at radius 3 is 2.89 bits per heavy atom. The molecule has 4 nitrogen and oxygen atoms in total. The van der Waals surface area contributed by atoms with Crippen LogP contribution in [0, 0.1) is 5.82 Å². The van der Waals surface area contributed by atoms with Gasteiger partial charge in [0.25, 0.3) is 5.91 Å². The summed E-state index contributed by atoms with van der Waals surface area (Å²) < 4.78 is 19.0. The second-order valence-electron chi connectivity index (χ2n) is 3.66. The molecule has 0 radical (unpaired) electrons. The van der Waals surface area contributed by atoms with E-state index in [1.807, 2.05) is 0 Å². The molecule has 1 amide bonds.